The summed E-state index contributed by atoms with van der Waals surface area (Å²) in [6.45, 7) is 5.45. The summed E-state index contributed by atoms with van der Waals surface area (Å²) in [7, 11) is 3.66. The maximum Gasteiger partial charge on any atom is 0.258 e. The molecule has 0 unspecified atom stereocenters. The Morgan fingerprint density at radius 1 is 0.972 bits per heavy atom. The van der Waals surface area contributed by atoms with Gasteiger partial charge in [-0.2, -0.15) is 5.10 Å². The smallest absolute Gasteiger partial charge is 0.258 e. The van der Waals surface area contributed by atoms with E-state index in [2.05, 4.69) is 18.1 Å². The second-order valence-corrected chi connectivity index (χ2v) is 9.05. The van der Waals surface area contributed by atoms with Crippen molar-refractivity contribution in [1.82, 2.24) is 24.2 Å². The Morgan fingerprint density at radius 3 is 2.50 bits per heavy atom. The molecule has 36 heavy (non-hydrogen) atoms. The second-order valence-electron chi connectivity index (χ2n) is 9.05. The first-order valence-electron chi connectivity index (χ1n) is 12.2. The third-order valence-electron chi connectivity index (χ3n) is 6.69. The van der Waals surface area contributed by atoms with E-state index in [9.17, 15) is 9.59 Å². The zero-order valence-corrected chi connectivity index (χ0v) is 21.0. The van der Waals surface area contributed by atoms with Gasteiger partial charge in [0.1, 0.15) is 0 Å². The van der Waals surface area contributed by atoms with Gasteiger partial charge in [0, 0.05) is 67.0 Å². The summed E-state index contributed by atoms with van der Waals surface area (Å²) < 4.78 is 3.41. The standard InChI is InChI=1S/C29H29N5O2/c1-5-14-34(6-2)28(35)21-8-10-23-24(27-11-13-30-33(27)4)18-25(31-26(23)17-21)20-7-9-22-19(16-20)12-15-32(3)29(22)36/h7-13,15-18H,5-6,14H2,1-4H3. The first-order valence-corrected chi connectivity index (χ1v) is 12.2. The Hall–Kier alpha value is -4.26. The van der Waals surface area contributed by atoms with Crippen LogP contribution in [-0.2, 0) is 14.1 Å². The predicted octanol–water partition coefficient (Wildman–Crippen LogP) is 5.03. The SMILES string of the molecule is CCCN(CC)C(=O)c1ccc2c(-c3ccnn3C)cc(-c3ccc4c(=O)n(C)ccc4c3)nc2c1. The Labute approximate surface area is 209 Å². The molecule has 0 aliphatic heterocycles. The molecule has 0 saturated heterocycles. The fourth-order valence-corrected chi connectivity index (χ4v) is 4.72. The lowest BCUT2D eigenvalue weighted by Gasteiger charge is -2.20. The summed E-state index contributed by atoms with van der Waals surface area (Å²) >= 11 is 0. The van der Waals surface area contributed by atoms with Crippen molar-refractivity contribution in [1.29, 1.82) is 0 Å². The summed E-state index contributed by atoms with van der Waals surface area (Å²) in [6, 6.07) is 17.5. The molecule has 182 valence electrons. The van der Waals surface area contributed by atoms with Crippen LogP contribution in [0.4, 0.5) is 0 Å². The highest BCUT2D eigenvalue weighted by Gasteiger charge is 2.17. The van der Waals surface area contributed by atoms with Crippen LogP contribution in [0, 0.1) is 0 Å². The Balaban J connectivity index is 1.71. The summed E-state index contributed by atoms with van der Waals surface area (Å²) in [5.74, 6) is 0.0112. The number of benzene rings is 2. The van der Waals surface area contributed by atoms with E-state index in [0.29, 0.717) is 17.5 Å². The Morgan fingerprint density at radius 2 is 1.78 bits per heavy atom. The van der Waals surface area contributed by atoms with Crippen molar-refractivity contribution < 1.29 is 4.79 Å². The topological polar surface area (TPSA) is 73.0 Å². The maximum absolute atomic E-state index is 13.2. The Bertz CT molecular complexity index is 1660. The first kappa shape index (κ1) is 23.5. The minimum atomic E-state index is -0.0307. The highest BCUT2D eigenvalue weighted by Crippen LogP contribution is 2.33. The normalized spacial score (nSPS) is 11.3. The van der Waals surface area contributed by atoms with Crippen molar-refractivity contribution in [3.05, 3.63) is 82.9 Å². The van der Waals surface area contributed by atoms with E-state index in [1.54, 1.807) is 24.0 Å². The van der Waals surface area contributed by atoms with Crippen LogP contribution < -0.4 is 5.56 Å². The van der Waals surface area contributed by atoms with E-state index in [1.165, 1.54) is 0 Å². The number of aromatic nitrogens is 4. The summed E-state index contributed by atoms with van der Waals surface area (Å²) in [5.41, 5.74) is 4.95. The van der Waals surface area contributed by atoms with Gasteiger partial charge >= 0.3 is 0 Å². The lowest BCUT2D eigenvalue weighted by Crippen LogP contribution is -2.31. The van der Waals surface area contributed by atoms with E-state index >= 15 is 0 Å². The van der Waals surface area contributed by atoms with Crippen molar-refractivity contribution in [2.24, 2.45) is 14.1 Å². The number of rotatable bonds is 6. The number of nitrogens with zero attached hydrogens (tertiary/aromatic N) is 5. The van der Waals surface area contributed by atoms with E-state index in [4.69, 9.17) is 4.98 Å². The number of hydrogen-bond donors (Lipinski definition) is 0. The van der Waals surface area contributed by atoms with Gasteiger partial charge in [-0.25, -0.2) is 4.98 Å². The molecule has 3 heterocycles. The van der Waals surface area contributed by atoms with E-state index < -0.39 is 0 Å². The highest BCUT2D eigenvalue weighted by atomic mass is 16.2. The lowest BCUT2D eigenvalue weighted by atomic mass is 9.99. The number of carbonyl (C=O) groups is 1. The molecule has 1 amide bonds. The van der Waals surface area contributed by atoms with E-state index in [0.717, 1.165) is 51.8 Å². The number of carbonyl (C=O) groups excluding carboxylic acids is 1. The van der Waals surface area contributed by atoms with Crippen LogP contribution in [0.2, 0.25) is 0 Å². The van der Waals surface area contributed by atoms with Crippen LogP contribution in [0.3, 0.4) is 0 Å². The third-order valence-corrected chi connectivity index (χ3v) is 6.69. The van der Waals surface area contributed by atoms with Gasteiger partial charge < -0.3 is 9.47 Å². The average molecular weight is 480 g/mol. The van der Waals surface area contributed by atoms with Gasteiger partial charge in [-0.05, 0) is 61.2 Å². The van der Waals surface area contributed by atoms with Crippen LogP contribution in [-0.4, -0.2) is 43.2 Å². The van der Waals surface area contributed by atoms with Gasteiger partial charge in [0.25, 0.3) is 11.5 Å². The summed E-state index contributed by atoms with van der Waals surface area (Å²) in [4.78, 5) is 32.6. The van der Waals surface area contributed by atoms with Crippen molar-refractivity contribution in [2.75, 3.05) is 13.1 Å². The minimum absolute atomic E-state index is 0.0112. The Kier molecular flexibility index (Phi) is 6.14. The zero-order chi connectivity index (χ0) is 25.4. The number of amides is 1. The first-order chi connectivity index (χ1) is 17.4. The summed E-state index contributed by atoms with van der Waals surface area (Å²) in [5, 5.41) is 6.84. The molecule has 5 aromatic rings. The van der Waals surface area contributed by atoms with Crippen LogP contribution in [0.25, 0.3) is 44.2 Å². The van der Waals surface area contributed by atoms with Gasteiger partial charge in [-0.3, -0.25) is 14.3 Å². The molecule has 0 aliphatic rings. The molecule has 0 N–H and O–H groups in total. The van der Waals surface area contributed by atoms with Gasteiger partial charge in [0.05, 0.1) is 16.9 Å². The molecule has 0 bridgehead atoms. The molecule has 0 fully saturated rings. The van der Waals surface area contributed by atoms with Crippen LogP contribution in [0.1, 0.15) is 30.6 Å². The van der Waals surface area contributed by atoms with Crippen molar-refractivity contribution in [3.8, 4) is 22.5 Å². The van der Waals surface area contributed by atoms with Crippen LogP contribution in [0.5, 0.6) is 0 Å². The van der Waals surface area contributed by atoms with Crippen molar-refractivity contribution >= 4 is 27.6 Å². The van der Waals surface area contributed by atoms with Crippen molar-refractivity contribution in [2.45, 2.75) is 20.3 Å². The van der Waals surface area contributed by atoms with Gasteiger partial charge in [0.2, 0.25) is 0 Å². The van der Waals surface area contributed by atoms with Crippen LogP contribution >= 0.6 is 0 Å². The molecule has 7 nitrogen and oxygen atoms in total. The molecular formula is C29H29N5O2. The van der Waals surface area contributed by atoms with E-state index in [1.807, 2.05) is 72.1 Å². The van der Waals surface area contributed by atoms with Crippen molar-refractivity contribution in [3.63, 3.8) is 0 Å². The van der Waals surface area contributed by atoms with Crippen LogP contribution in [0.15, 0.2) is 71.8 Å². The quantitative estimate of drug-likeness (QED) is 0.343. The molecule has 0 saturated carbocycles. The fourth-order valence-electron chi connectivity index (χ4n) is 4.72. The predicted molar refractivity (Wildman–Crippen MR) is 144 cm³/mol. The molecule has 0 atom stereocenters. The maximum atomic E-state index is 13.2. The lowest BCUT2D eigenvalue weighted by molar-refractivity contribution is 0.0764. The molecule has 0 aliphatic carbocycles. The number of fused-ring (bicyclic) bond motifs is 2. The number of aryl methyl sites for hydroxylation is 2. The molecule has 5 rings (SSSR count). The second kappa shape index (κ2) is 9.41. The molecule has 0 spiro atoms. The number of pyridine rings is 2. The zero-order valence-electron chi connectivity index (χ0n) is 21.0. The highest BCUT2D eigenvalue weighted by molar-refractivity contribution is 6.02. The number of hydrogen-bond acceptors (Lipinski definition) is 4. The molecule has 7 heteroatoms. The minimum Gasteiger partial charge on any atom is -0.339 e. The monoisotopic (exact) mass is 479 g/mol. The average Bonchev–Trinajstić information content (AvgIpc) is 3.33. The van der Waals surface area contributed by atoms with Gasteiger partial charge in [-0.1, -0.05) is 19.1 Å². The molecular weight excluding hydrogens is 450 g/mol. The largest absolute Gasteiger partial charge is 0.339 e. The third kappa shape index (κ3) is 4.06. The molecule has 2 aromatic carbocycles. The summed E-state index contributed by atoms with van der Waals surface area (Å²) in [6.07, 6.45) is 4.46. The fraction of sp³-hybridized carbons (Fsp3) is 0.241. The molecule has 0 radical (unpaired) electrons. The van der Waals surface area contributed by atoms with E-state index in [-0.39, 0.29) is 11.5 Å². The molecule has 3 aromatic heterocycles. The van der Waals surface area contributed by atoms with Gasteiger partial charge in [-0.15, -0.1) is 0 Å². The van der Waals surface area contributed by atoms with Gasteiger partial charge in [0.15, 0.2) is 0 Å².